The molecule has 0 rings (SSSR count). The first kappa shape index (κ1) is 10.9. The minimum absolute atomic E-state index is 0.135. The van der Waals surface area contributed by atoms with Crippen molar-refractivity contribution < 1.29 is 4.74 Å². The van der Waals surface area contributed by atoms with Crippen LogP contribution < -0.4 is 11.3 Å². The van der Waals surface area contributed by atoms with E-state index in [0.29, 0.717) is 0 Å². The minimum Gasteiger partial charge on any atom is -0.377 e. The lowest BCUT2D eigenvalue weighted by atomic mass is 9.92. The van der Waals surface area contributed by atoms with Crippen LogP contribution in [0.2, 0.25) is 0 Å². The molecule has 68 valence electrons. The van der Waals surface area contributed by atoms with Gasteiger partial charge >= 0.3 is 0 Å². The summed E-state index contributed by atoms with van der Waals surface area (Å²) >= 11 is 0. The molecule has 2 atom stereocenters. The highest BCUT2D eigenvalue weighted by molar-refractivity contribution is 4.85. The Bertz CT molecular complexity index is 98.3. The summed E-state index contributed by atoms with van der Waals surface area (Å²) in [5.74, 6) is 5.39. The molecule has 0 saturated carbocycles. The SMILES string of the molecule is CCC(NN)C(C)(CC)OC. The van der Waals surface area contributed by atoms with Crippen LogP contribution in [-0.4, -0.2) is 18.8 Å². The zero-order chi connectivity index (χ0) is 8.91. The number of rotatable bonds is 5. The molecule has 0 aliphatic heterocycles. The normalized spacial score (nSPS) is 19.4. The van der Waals surface area contributed by atoms with Crippen molar-refractivity contribution >= 4 is 0 Å². The predicted molar refractivity (Wildman–Crippen MR) is 47.1 cm³/mol. The van der Waals surface area contributed by atoms with Gasteiger partial charge in [-0.1, -0.05) is 13.8 Å². The van der Waals surface area contributed by atoms with Gasteiger partial charge in [0, 0.05) is 13.2 Å². The molecule has 0 spiro atoms. The number of hydrogen-bond acceptors (Lipinski definition) is 3. The minimum atomic E-state index is -0.135. The highest BCUT2D eigenvalue weighted by Gasteiger charge is 2.29. The van der Waals surface area contributed by atoms with Crippen LogP contribution in [0.5, 0.6) is 0 Å². The predicted octanol–water partition coefficient (Wildman–Crippen LogP) is 1.04. The first-order valence-electron chi connectivity index (χ1n) is 4.15. The molecule has 0 aliphatic rings. The fourth-order valence-electron chi connectivity index (χ4n) is 1.26. The van der Waals surface area contributed by atoms with Crippen LogP contribution in [0.15, 0.2) is 0 Å². The Kier molecular flexibility index (Phi) is 4.65. The van der Waals surface area contributed by atoms with Crippen molar-refractivity contribution in [3.05, 3.63) is 0 Å². The van der Waals surface area contributed by atoms with Crippen molar-refractivity contribution in [1.29, 1.82) is 0 Å². The second-order valence-corrected chi connectivity index (χ2v) is 3.00. The van der Waals surface area contributed by atoms with Gasteiger partial charge in [-0.15, -0.1) is 0 Å². The molecule has 0 saturated heterocycles. The van der Waals surface area contributed by atoms with E-state index in [9.17, 15) is 0 Å². The third kappa shape index (κ3) is 2.43. The average Bonchev–Trinajstić information content (AvgIpc) is 2.06. The first-order valence-corrected chi connectivity index (χ1v) is 4.15. The van der Waals surface area contributed by atoms with Crippen LogP contribution in [-0.2, 0) is 4.74 Å². The summed E-state index contributed by atoms with van der Waals surface area (Å²) in [6, 6.07) is 0.234. The summed E-state index contributed by atoms with van der Waals surface area (Å²) in [5.41, 5.74) is 2.63. The summed E-state index contributed by atoms with van der Waals surface area (Å²) in [5, 5.41) is 0. The van der Waals surface area contributed by atoms with Gasteiger partial charge in [0.1, 0.15) is 0 Å². The smallest absolute Gasteiger partial charge is 0.0813 e. The Labute approximate surface area is 69.3 Å². The third-order valence-electron chi connectivity index (χ3n) is 2.51. The Hall–Kier alpha value is -0.120. The van der Waals surface area contributed by atoms with Crippen molar-refractivity contribution in [1.82, 2.24) is 5.43 Å². The third-order valence-corrected chi connectivity index (χ3v) is 2.51. The molecule has 3 heteroatoms. The van der Waals surface area contributed by atoms with E-state index in [1.807, 2.05) is 0 Å². The maximum atomic E-state index is 5.39. The Morgan fingerprint density at radius 1 is 1.55 bits per heavy atom. The van der Waals surface area contributed by atoms with Crippen molar-refractivity contribution in [2.45, 2.75) is 45.3 Å². The lowest BCUT2D eigenvalue weighted by molar-refractivity contribution is -0.0298. The van der Waals surface area contributed by atoms with Gasteiger partial charge in [-0.05, 0) is 19.8 Å². The highest BCUT2D eigenvalue weighted by atomic mass is 16.5. The average molecular weight is 160 g/mol. The van der Waals surface area contributed by atoms with Gasteiger partial charge in [-0.2, -0.15) is 0 Å². The van der Waals surface area contributed by atoms with E-state index in [0.717, 1.165) is 12.8 Å². The Morgan fingerprint density at radius 3 is 2.18 bits per heavy atom. The molecule has 0 fully saturated rings. The van der Waals surface area contributed by atoms with E-state index in [-0.39, 0.29) is 11.6 Å². The molecule has 0 aromatic rings. The van der Waals surface area contributed by atoms with Gasteiger partial charge in [-0.25, -0.2) is 0 Å². The summed E-state index contributed by atoms with van der Waals surface area (Å²) in [6.45, 7) is 6.27. The molecule has 11 heavy (non-hydrogen) atoms. The van der Waals surface area contributed by atoms with Crippen LogP contribution >= 0.6 is 0 Å². The zero-order valence-corrected chi connectivity index (χ0v) is 7.98. The van der Waals surface area contributed by atoms with E-state index < -0.39 is 0 Å². The van der Waals surface area contributed by atoms with Gasteiger partial charge in [-0.3, -0.25) is 11.3 Å². The number of methoxy groups -OCH3 is 1. The summed E-state index contributed by atoms with van der Waals surface area (Å²) < 4.78 is 5.39. The van der Waals surface area contributed by atoms with E-state index in [2.05, 4.69) is 26.2 Å². The molecule has 3 nitrogen and oxygen atoms in total. The Balaban J connectivity index is 4.19. The molecular formula is C8H20N2O. The van der Waals surface area contributed by atoms with E-state index >= 15 is 0 Å². The number of nitrogens with one attached hydrogen (secondary N) is 1. The van der Waals surface area contributed by atoms with Crippen LogP contribution in [0.4, 0.5) is 0 Å². The zero-order valence-electron chi connectivity index (χ0n) is 7.98. The topological polar surface area (TPSA) is 47.3 Å². The summed E-state index contributed by atoms with van der Waals surface area (Å²) in [7, 11) is 1.73. The fourth-order valence-corrected chi connectivity index (χ4v) is 1.26. The van der Waals surface area contributed by atoms with Crippen LogP contribution in [0.1, 0.15) is 33.6 Å². The fraction of sp³-hybridized carbons (Fsp3) is 1.00. The maximum absolute atomic E-state index is 5.39. The lowest BCUT2D eigenvalue weighted by Gasteiger charge is -2.34. The van der Waals surface area contributed by atoms with Gasteiger partial charge in [0.15, 0.2) is 0 Å². The number of nitrogens with two attached hydrogens (primary N) is 1. The van der Waals surface area contributed by atoms with Gasteiger partial charge in [0.25, 0.3) is 0 Å². The van der Waals surface area contributed by atoms with E-state index in [1.54, 1.807) is 7.11 Å². The Morgan fingerprint density at radius 2 is 2.09 bits per heavy atom. The quantitative estimate of drug-likeness (QED) is 0.466. The molecule has 0 radical (unpaired) electrons. The van der Waals surface area contributed by atoms with Crippen molar-refractivity contribution in [2.24, 2.45) is 5.84 Å². The summed E-state index contributed by atoms with van der Waals surface area (Å²) in [4.78, 5) is 0. The van der Waals surface area contributed by atoms with Crippen molar-refractivity contribution in [3.8, 4) is 0 Å². The lowest BCUT2D eigenvalue weighted by Crippen LogP contribution is -2.52. The molecule has 0 aromatic carbocycles. The highest BCUT2D eigenvalue weighted by Crippen LogP contribution is 2.20. The molecule has 3 N–H and O–H groups in total. The molecule has 0 bridgehead atoms. The van der Waals surface area contributed by atoms with Gasteiger partial charge in [0.2, 0.25) is 0 Å². The molecule has 0 heterocycles. The van der Waals surface area contributed by atoms with Crippen molar-refractivity contribution in [2.75, 3.05) is 7.11 Å². The standard InChI is InChI=1S/C8H20N2O/c1-5-7(10-9)8(3,6-2)11-4/h7,10H,5-6,9H2,1-4H3. The molecule has 0 amide bonds. The maximum Gasteiger partial charge on any atom is 0.0813 e. The van der Waals surface area contributed by atoms with Crippen LogP contribution in [0.3, 0.4) is 0 Å². The molecule has 2 unspecified atom stereocenters. The molecule has 0 aromatic heterocycles. The van der Waals surface area contributed by atoms with Crippen molar-refractivity contribution in [3.63, 3.8) is 0 Å². The number of hydrogen-bond donors (Lipinski definition) is 2. The van der Waals surface area contributed by atoms with Crippen LogP contribution in [0.25, 0.3) is 0 Å². The van der Waals surface area contributed by atoms with Gasteiger partial charge in [0.05, 0.1) is 5.60 Å². The summed E-state index contributed by atoms with van der Waals surface area (Å²) in [6.07, 6.45) is 1.95. The largest absolute Gasteiger partial charge is 0.377 e. The van der Waals surface area contributed by atoms with Gasteiger partial charge < -0.3 is 4.74 Å². The first-order chi connectivity index (χ1) is 5.14. The van der Waals surface area contributed by atoms with E-state index in [1.165, 1.54) is 0 Å². The second kappa shape index (κ2) is 4.70. The molecule has 0 aliphatic carbocycles. The number of ether oxygens (including phenoxy) is 1. The van der Waals surface area contributed by atoms with Crippen LogP contribution in [0, 0.1) is 0 Å². The second-order valence-electron chi connectivity index (χ2n) is 3.00. The number of hydrazine groups is 1. The van der Waals surface area contributed by atoms with E-state index in [4.69, 9.17) is 10.6 Å². The molecular weight excluding hydrogens is 140 g/mol. The monoisotopic (exact) mass is 160 g/mol.